The fourth-order valence-corrected chi connectivity index (χ4v) is 3.20. The van der Waals surface area contributed by atoms with E-state index < -0.39 is 11.7 Å². The van der Waals surface area contributed by atoms with Gasteiger partial charge in [-0.3, -0.25) is 4.79 Å². The maximum Gasteiger partial charge on any atom is 0.419 e. The van der Waals surface area contributed by atoms with E-state index in [9.17, 15) is 18.0 Å². The number of halogens is 3. The molecular weight excluding hydrogens is 363 g/mol. The Morgan fingerprint density at radius 1 is 1.04 bits per heavy atom. The van der Waals surface area contributed by atoms with Crippen LogP contribution in [0.2, 0.25) is 0 Å². The minimum Gasteiger partial charge on any atom is -0.454 e. The van der Waals surface area contributed by atoms with Crippen molar-refractivity contribution >= 4 is 11.7 Å². The number of fused-ring (bicyclic) bond motifs is 1. The molecule has 0 bridgehead atoms. The third kappa shape index (κ3) is 3.36. The van der Waals surface area contributed by atoms with Crippen LogP contribution in [-0.2, 0) is 6.18 Å². The molecule has 2 aliphatic rings. The molecule has 2 aliphatic heterocycles. The minimum atomic E-state index is -4.47. The summed E-state index contributed by atoms with van der Waals surface area (Å²) in [5.74, 6) is 0.819. The first-order chi connectivity index (χ1) is 12.9. The Morgan fingerprint density at radius 2 is 1.78 bits per heavy atom. The van der Waals surface area contributed by atoms with Gasteiger partial charge in [0.15, 0.2) is 11.5 Å². The molecule has 0 unspecified atom stereocenters. The number of anilines is 1. The van der Waals surface area contributed by atoms with Crippen molar-refractivity contribution in [3.05, 3.63) is 47.7 Å². The number of carbonyl (C=O) groups excluding carboxylic acids is 1. The van der Waals surface area contributed by atoms with Gasteiger partial charge in [0.1, 0.15) is 5.82 Å². The molecular formula is C18H16F3N3O3. The van der Waals surface area contributed by atoms with Crippen molar-refractivity contribution in [3.8, 4) is 11.5 Å². The van der Waals surface area contributed by atoms with Crippen LogP contribution in [0, 0.1) is 0 Å². The number of piperazine rings is 1. The summed E-state index contributed by atoms with van der Waals surface area (Å²) in [5.41, 5.74) is -0.304. The molecule has 3 heterocycles. The first-order valence-electron chi connectivity index (χ1n) is 8.39. The monoisotopic (exact) mass is 379 g/mol. The maximum absolute atomic E-state index is 13.2. The fraction of sp³-hybridized carbons (Fsp3) is 0.333. The van der Waals surface area contributed by atoms with Crippen molar-refractivity contribution in [2.75, 3.05) is 37.9 Å². The topological polar surface area (TPSA) is 54.9 Å². The highest BCUT2D eigenvalue weighted by Gasteiger charge is 2.36. The van der Waals surface area contributed by atoms with Crippen molar-refractivity contribution in [3.63, 3.8) is 0 Å². The SMILES string of the molecule is O=C(c1ccc2c(c1)OCO2)N1CCN(c2ncccc2C(F)(F)F)CC1. The third-order valence-electron chi connectivity index (χ3n) is 4.58. The minimum absolute atomic E-state index is 0.0971. The van der Waals surface area contributed by atoms with Gasteiger partial charge in [0.05, 0.1) is 5.56 Å². The van der Waals surface area contributed by atoms with Crippen LogP contribution in [0.5, 0.6) is 11.5 Å². The number of hydrogen-bond donors (Lipinski definition) is 0. The van der Waals surface area contributed by atoms with E-state index >= 15 is 0 Å². The quantitative estimate of drug-likeness (QED) is 0.803. The zero-order valence-corrected chi connectivity index (χ0v) is 14.2. The van der Waals surface area contributed by atoms with Gasteiger partial charge in [-0.05, 0) is 30.3 Å². The summed E-state index contributed by atoms with van der Waals surface area (Å²) in [6.07, 6.45) is -3.13. The van der Waals surface area contributed by atoms with Gasteiger partial charge in [0.25, 0.3) is 5.91 Å². The van der Waals surface area contributed by atoms with E-state index in [2.05, 4.69) is 4.98 Å². The number of nitrogens with zero attached hydrogens (tertiary/aromatic N) is 3. The Balaban J connectivity index is 1.46. The van der Waals surface area contributed by atoms with Gasteiger partial charge in [-0.2, -0.15) is 13.2 Å². The predicted octanol–water partition coefficient (Wildman–Crippen LogP) is 2.79. The number of aromatic nitrogens is 1. The van der Waals surface area contributed by atoms with Crippen LogP contribution < -0.4 is 14.4 Å². The normalized spacial score (nSPS) is 16.6. The third-order valence-corrected chi connectivity index (χ3v) is 4.58. The first-order valence-corrected chi connectivity index (χ1v) is 8.39. The molecule has 0 atom stereocenters. The fourth-order valence-electron chi connectivity index (χ4n) is 3.20. The van der Waals surface area contributed by atoms with Crippen LogP contribution in [0.4, 0.5) is 19.0 Å². The molecule has 0 N–H and O–H groups in total. The van der Waals surface area contributed by atoms with E-state index in [0.29, 0.717) is 30.2 Å². The number of rotatable bonds is 2. The van der Waals surface area contributed by atoms with E-state index in [0.717, 1.165) is 6.07 Å². The number of hydrogen-bond acceptors (Lipinski definition) is 5. The lowest BCUT2D eigenvalue weighted by atomic mass is 10.1. The zero-order valence-electron chi connectivity index (χ0n) is 14.2. The second-order valence-corrected chi connectivity index (χ2v) is 6.22. The van der Waals surface area contributed by atoms with Gasteiger partial charge in [0, 0.05) is 37.9 Å². The molecule has 4 rings (SSSR count). The maximum atomic E-state index is 13.2. The Labute approximate surface area is 153 Å². The second kappa shape index (κ2) is 6.64. The van der Waals surface area contributed by atoms with E-state index in [1.54, 1.807) is 28.0 Å². The van der Waals surface area contributed by atoms with E-state index in [4.69, 9.17) is 9.47 Å². The number of amides is 1. The lowest BCUT2D eigenvalue weighted by molar-refractivity contribution is -0.137. The molecule has 2 aromatic rings. The molecule has 1 amide bonds. The molecule has 1 aromatic carbocycles. The highest BCUT2D eigenvalue weighted by atomic mass is 19.4. The van der Waals surface area contributed by atoms with Crippen molar-refractivity contribution in [2.24, 2.45) is 0 Å². The number of benzene rings is 1. The van der Waals surface area contributed by atoms with Crippen LogP contribution in [-0.4, -0.2) is 48.8 Å². The van der Waals surface area contributed by atoms with Crippen LogP contribution in [0.3, 0.4) is 0 Å². The van der Waals surface area contributed by atoms with Crippen molar-refractivity contribution in [2.45, 2.75) is 6.18 Å². The molecule has 142 valence electrons. The molecule has 0 saturated carbocycles. The van der Waals surface area contributed by atoms with Crippen LogP contribution in [0.15, 0.2) is 36.5 Å². The van der Waals surface area contributed by atoms with Crippen LogP contribution in [0.25, 0.3) is 0 Å². The summed E-state index contributed by atoms with van der Waals surface area (Å²) >= 11 is 0. The number of alkyl halides is 3. The van der Waals surface area contributed by atoms with E-state index in [-0.39, 0.29) is 31.6 Å². The molecule has 1 aromatic heterocycles. The molecule has 0 aliphatic carbocycles. The molecule has 6 nitrogen and oxygen atoms in total. The predicted molar refractivity (Wildman–Crippen MR) is 89.9 cm³/mol. The smallest absolute Gasteiger partial charge is 0.419 e. The van der Waals surface area contributed by atoms with Gasteiger partial charge in [-0.1, -0.05) is 0 Å². The van der Waals surface area contributed by atoms with Crippen LogP contribution in [0.1, 0.15) is 15.9 Å². The van der Waals surface area contributed by atoms with E-state index in [1.807, 2.05) is 0 Å². The Kier molecular flexibility index (Phi) is 4.29. The molecule has 1 fully saturated rings. The second-order valence-electron chi connectivity index (χ2n) is 6.22. The van der Waals surface area contributed by atoms with Crippen molar-refractivity contribution < 1.29 is 27.4 Å². The molecule has 27 heavy (non-hydrogen) atoms. The van der Waals surface area contributed by atoms with E-state index in [1.165, 1.54) is 12.3 Å². The standard InChI is InChI=1S/C18H16F3N3O3/c19-18(20,21)13-2-1-5-22-16(13)23-6-8-24(9-7-23)17(25)12-3-4-14-15(10-12)27-11-26-14/h1-5,10H,6-9,11H2. The van der Waals surface area contributed by atoms with Gasteiger partial charge >= 0.3 is 6.18 Å². The van der Waals surface area contributed by atoms with Crippen molar-refractivity contribution in [1.29, 1.82) is 0 Å². The summed E-state index contributed by atoms with van der Waals surface area (Å²) < 4.78 is 50.1. The summed E-state index contributed by atoms with van der Waals surface area (Å²) in [7, 11) is 0. The van der Waals surface area contributed by atoms with Gasteiger partial charge < -0.3 is 19.3 Å². The van der Waals surface area contributed by atoms with Gasteiger partial charge in [0.2, 0.25) is 6.79 Å². The molecule has 0 spiro atoms. The Morgan fingerprint density at radius 3 is 2.52 bits per heavy atom. The van der Waals surface area contributed by atoms with Gasteiger partial charge in [-0.15, -0.1) is 0 Å². The summed E-state index contributed by atoms with van der Waals surface area (Å²) in [6, 6.07) is 7.24. The zero-order chi connectivity index (χ0) is 19.0. The molecule has 9 heteroatoms. The average molecular weight is 379 g/mol. The number of carbonyl (C=O) groups is 1. The summed E-state index contributed by atoms with van der Waals surface area (Å²) in [5, 5.41) is 0. The average Bonchev–Trinajstić information content (AvgIpc) is 3.15. The van der Waals surface area contributed by atoms with Crippen LogP contribution >= 0.6 is 0 Å². The Hall–Kier alpha value is -2.97. The van der Waals surface area contributed by atoms with Gasteiger partial charge in [-0.25, -0.2) is 4.98 Å². The lowest BCUT2D eigenvalue weighted by Crippen LogP contribution is -2.49. The number of pyridine rings is 1. The summed E-state index contributed by atoms with van der Waals surface area (Å²) in [6.45, 7) is 1.28. The lowest BCUT2D eigenvalue weighted by Gasteiger charge is -2.36. The summed E-state index contributed by atoms with van der Waals surface area (Å²) in [4.78, 5) is 19.8. The first kappa shape index (κ1) is 17.4. The highest BCUT2D eigenvalue weighted by molar-refractivity contribution is 5.95. The van der Waals surface area contributed by atoms with Crippen molar-refractivity contribution in [1.82, 2.24) is 9.88 Å². The molecule has 0 radical (unpaired) electrons. The molecule has 1 saturated heterocycles. The largest absolute Gasteiger partial charge is 0.454 e. The Bertz CT molecular complexity index is 864. The number of ether oxygens (including phenoxy) is 2. The highest BCUT2D eigenvalue weighted by Crippen LogP contribution is 2.36.